The summed E-state index contributed by atoms with van der Waals surface area (Å²) in [6.45, 7) is 6.94. The van der Waals surface area contributed by atoms with Crippen molar-refractivity contribution in [2.75, 3.05) is 33.4 Å². The first-order valence-electron chi connectivity index (χ1n) is 10.2. The smallest absolute Gasteiger partial charge is 0.375 e. The van der Waals surface area contributed by atoms with Crippen LogP contribution in [0.4, 0.5) is 13.2 Å². The first-order valence-corrected chi connectivity index (χ1v) is 10.2. The van der Waals surface area contributed by atoms with Gasteiger partial charge < -0.3 is 14.4 Å². The quantitative estimate of drug-likeness (QED) is 0.648. The van der Waals surface area contributed by atoms with E-state index in [-0.39, 0.29) is 11.5 Å². The summed E-state index contributed by atoms with van der Waals surface area (Å²) in [6.07, 6.45) is -2.69. The monoisotopic (exact) mass is 417 g/mol. The van der Waals surface area contributed by atoms with Crippen LogP contribution in [0, 0.1) is 0 Å². The zero-order valence-corrected chi connectivity index (χ0v) is 17.0. The van der Waals surface area contributed by atoms with Crippen LogP contribution in [0.25, 0.3) is 5.70 Å². The summed E-state index contributed by atoms with van der Waals surface area (Å²) in [5.41, 5.74) is 2.94. The molecule has 0 unspecified atom stereocenters. The molecule has 30 heavy (non-hydrogen) atoms. The minimum Gasteiger partial charge on any atom is -0.375 e. The Bertz CT molecular complexity index is 890. The largest absolute Gasteiger partial charge is 0.416 e. The van der Waals surface area contributed by atoms with Crippen molar-refractivity contribution in [1.82, 2.24) is 4.90 Å². The van der Waals surface area contributed by atoms with Gasteiger partial charge in [-0.3, -0.25) is 0 Å². The molecule has 4 rings (SSSR count). The number of halogens is 3. The summed E-state index contributed by atoms with van der Waals surface area (Å²) in [7, 11) is 1.70. The van der Waals surface area contributed by atoms with E-state index in [4.69, 9.17) is 9.47 Å². The van der Waals surface area contributed by atoms with Crippen molar-refractivity contribution in [3.8, 4) is 0 Å². The third kappa shape index (κ3) is 3.98. The first kappa shape index (κ1) is 20.9. The zero-order chi connectivity index (χ0) is 21.4. The van der Waals surface area contributed by atoms with Crippen LogP contribution < -0.4 is 0 Å². The van der Waals surface area contributed by atoms with Crippen LogP contribution >= 0.6 is 0 Å². The lowest BCUT2D eigenvalue weighted by atomic mass is 9.88. The number of hydrogen-bond donors (Lipinski definition) is 0. The molecule has 6 heteroatoms. The summed E-state index contributed by atoms with van der Waals surface area (Å²) >= 11 is 0. The van der Waals surface area contributed by atoms with Crippen LogP contribution in [0.5, 0.6) is 0 Å². The van der Waals surface area contributed by atoms with Gasteiger partial charge in [0.1, 0.15) is 5.60 Å². The van der Waals surface area contributed by atoms with Crippen LogP contribution in [0.2, 0.25) is 0 Å². The predicted octanol–water partition coefficient (Wildman–Crippen LogP) is 5.43. The third-order valence-electron chi connectivity index (χ3n) is 6.37. The lowest BCUT2D eigenvalue weighted by Gasteiger charge is -2.40. The van der Waals surface area contributed by atoms with Gasteiger partial charge in [-0.25, -0.2) is 0 Å². The second-order valence-corrected chi connectivity index (χ2v) is 8.10. The number of alkyl halides is 3. The summed E-state index contributed by atoms with van der Waals surface area (Å²) in [6, 6.07) is 14.0. The van der Waals surface area contributed by atoms with Gasteiger partial charge >= 0.3 is 6.18 Å². The number of hydrogen-bond acceptors (Lipinski definition) is 3. The molecular formula is C24H26F3NO2. The van der Waals surface area contributed by atoms with Crippen molar-refractivity contribution in [3.63, 3.8) is 0 Å². The number of ether oxygens (including phenoxy) is 2. The molecule has 0 bridgehead atoms. The highest BCUT2D eigenvalue weighted by atomic mass is 19.4. The van der Waals surface area contributed by atoms with Gasteiger partial charge in [-0.2, -0.15) is 13.2 Å². The van der Waals surface area contributed by atoms with Gasteiger partial charge in [0.15, 0.2) is 0 Å². The fraction of sp³-hybridized carbons (Fsp3) is 0.417. The number of piperidine rings is 1. The predicted molar refractivity (Wildman–Crippen MR) is 110 cm³/mol. The Kier molecular flexibility index (Phi) is 5.64. The SMILES string of the molecule is C=C(c1ccc(C2(OC)COC2)cc1)N1CCC(c2cccc(C(F)(F)F)c2)CC1. The van der Waals surface area contributed by atoms with E-state index in [1.165, 1.54) is 12.1 Å². The van der Waals surface area contributed by atoms with Crippen molar-refractivity contribution in [2.24, 2.45) is 0 Å². The number of benzene rings is 2. The molecule has 0 saturated carbocycles. The Hall–Kier alpha value is -2.31. The third-order valence-corrected chi connectivity index (χ3v) is 6.37. The molecule has 2 heterocycles. The Morgan fingerprint density at radius 2 is 1.77 bits per heavy atom. The molecule has 0 radical (unpaired) electrons. The highest BCUT2D eigenvalue weighted by Gasteiger charge is 2.40. The second kappa shape index (κ2) is 8.08. The fourth-order valence-corrected chi connectivity index (χ4v) is 4.29. The van der Waals surface area contributed by atoms with Crippen LogP contribution in [-0.2, 0) is 21.3 Å². The second-order valence-electron chi connectivity index (χ2n) is 8.10. The highest BCUT2D eigenvalue weighted by Crippen LogP contribution is 2.36. The van der Waals surface area contributed by atoms with E-state index in [2.05, 4.69) is 35.7 Å². The van der Waals surface area contributed by atoms with Gasteiger partial charge in [-0.1, -0.05) is 49.0 Å². The van der Waals surface area contributed by atoms with Gasteiger partial charge in [0, 0.05) is 25.9 Å². The molecule has 2 aliphatic heterocycles. The van der Waals surface area contributed by atoms with Crippen molar-refractivity contribution >= 4 is 5.70 Å². The van der Waals surface area contributed by atoms with Gasteiger partial charge in [-0.05, 0) is 41.5 Å². The molecule has 3 nitrogen and oxygen atoms in total. The molecule has 0 aliphatic carbocycles. The molecular weight excluding hydrogens is 391 g/mol. The van der Waals surface area contributed by atoms with Crippen molar-refractivity contribution in [2.45, 2.75) is 30.5 Å². The van der Waals surface area contributed by atoms with Crippen molar-refractivity contribution in [1.29, 1.82) is 0 Å². The topological polar surface area (TPSA) is 21.7 Å². The van der Waals surface area contributed by atoms with Crippen LogP contribution in [-0.4, -0.2) is 38.3 Å². The minimum absolute atomic E-state index is 0.138. The van der Waals surface area contributed by atoms with Gasteiger partial charge in [0.05, 0.1) is 18.8 Å². The average Bonchev–Trinajstić information content (AvgIpc) is 2.73. The molecule has 0 atom stereocenters. The lowest BCUT2D eigenvalue weighted by molar-refractivity contribution is -0.202. The molecule has 2 saturated heterocycles. The van der Waals surface area contributed by atoms with E-state index in [1.54, 1.807) is 13.2 Å². The van der Waals surface area contributed by atoms with E-state index in [0.717, 1.165) is 54.4 Å². The Labute approximate surface area is 175 Å². The van der Waals surface area contributed by atoms with E-state index in [1.807, 2.05) is 0 Å². The van der Waals surface area contributed by atoms with Gasteiger partial charge in [-0.15, -0.1) is 0 Å². The molecule has 2 fully saturated rings. The summed E-state index contributed by atoms with van der Waals surface area (Å²) < 4.78 is 50.0. The zero-order valence-electron chi connectivity index (χ0n) is 17.0. The van der Waals surface area contributed by atoms with Gasteiger partial charge in [0.2, 0.25) is 0 Å². The van der Waals surface area contributed by atoms with Crippen LogP contribution in [0.1, 0.15) is 41.0 Å². The number of rotatable bonds is 5. The van der Waals surface area contributed by atoms with E-state index >= 15 is 0 Å². The molecule has 2 aromatic carbocycles. The summed E-state index contributed by atoms with van der Waals surface area (Å²) in [5.74, 6) is 0.138. The van der Waals surface area contributed by atoms with E-state index in [9.17, 15) is 13.2 Å². The lowest BCUT2D eigenvalue weighted by Crippen LogP contribution is -2.48. The Morgan fingerprint density at radius 1 is 1.10 bits per heavy atom. The maximum Gasteiger partial charge on any atom is 0.416 e. The van der Waals surface area contributed by atoms with E-state index < -0.39 is 11.7 Å². The maximum atomic E-state index is 13.0. The first-order chi connectivity index (χ1) is 14.3. The highest BCUT2D eigenvalue weighted by molar-refractivity contribution is 5.62. The molecule has 2 aromatic rings. The summed E-state index contributed by atoms with van der Waals surface area (Å²) in [5, 5.41) is 0. The minimum atomic E-state index is -4.30. The van der Waals surface area contributed by atoms with Crippen molar-refractivity contribution < 1.29 is 22.6 Å². The summed E-state index contributed by atoms with van der Waals surface area (Å²) in [4.78, 5) is 2.22. The average molecular weight is 417 g/mol. The fourth-order valence-electron chi connectivity index (χ4n) is 4.29. The molecule has 160 valence electrons. The number of methoxy groups -OCH3 is 1. The Balaban J connectivity index is 1.39. The molecule has 0 N–H and O–H groups in total. The number of nitrogens with zero attached hydrogens (tertiary/aromatic N) is 1. The normalized spacial score (nSPS) is 19.4. The molecule has 2 aliphatic rings. The van der Waals surface area contributed by atoms with Crippen LogP contribution in [0.15, 0.2) is 55.1 Å². The van der Waals surface area contributed by atoms with Crippen molar-refractivity contribution in [3.05, 3.63) is 77.4 Å². The number of likely N-dealkylation sites (tertiary alicyclic amines) is 1. The maximum absolute atomic E-state index is 13.0. The molecule has 0 amide bonds. The van der Waals surface area contributed by atoms with Gasteiger partial charge in [0.25, 0.3) is 0 Å². The molecule has 0 aromatic heterocycles. The molecule has 0 spiro atoms. The Morgan fingerprint density at radius 3 is 2.30 bits per heavy atom. The standard InChI is InChI=1S/C24H26F3NO2/c1-17(18-6-8-21(9-7-18)23(29-2)15-30-16-23)28-12-10-19(11-13-28)20-4-3-5-22(14-20)24(25,26)27/h3-9,14,19H,1,10-13,15-16H2,2H3. The van der Waals surface area contributed by atoms with Crippen LogP contribution in [0.3, 0.4) is 0 Å². The van der Waals surface area contributed by atoms with E-state index in [0.29, 0.717) is 13.2 Å².